The number of hydrogen-bond donors (Lipinski definition) is 3. The Morgan fingerprint density at radius 3 is 2.50 bits per heavy atom. The second kappa shape index (κ2) is 5.58. The largest absolute Gasteiger partial charge is 0.388 e. The van der Waals surface area contributed by atoms with E-state index in [2.05, 4.69) is 5.32 Å². The van der Waals surface area contributed by atoms with E-state index in [1.54, 1.807) is 0 Å². The lowest BCUT2D eigenvalue weighted by Crippen LogP contribution is -2.61. The van der Waals surface area contributed by atoms with Gasteiger partial charge in [0.15, 0.2) is 6.10 Å². The molecule has 94 valence electrons. The molecular weight excluding hydrogens is 214 g/mol. The third kappa shape index (κ3) is 2.35. The fourth-order valence-corrected chi connectivity index (χ4v) is 1.89. The van der Waals surface area contributed by atoms with Crippen LogP contribution in [0.3, 0.4) is 0 Å². The summed E-state index contributed by atoms with van der Waals surface area (Å²) in [5, 5.41) is 22.0. The zero-order chi connectivity index (χ0) is 12.3. The van der Waals surface area contributed by atoms with Crippen LogP contribution < -0.4 is 5.32 Å². The summed E-state index contributed by atoms with van der Waals surface area (Å²) in [6.45, 7) is 1.81. The minimum absolute atomic E-state index is 0.365. The van der Waals surface area contributed by atoms with Crippen molar-refractivity contribution >= 4 is 5.91 Å². The summed E-state index contributed by atoms with van der Waals surface area (Å²) in [4.78, 5) is 11.5. The summed E-state index contributed by atoms with van der Waals surface area (Å²) in [7, 11) is 2.85. The second-order valence-electron chi connectivity index (χ2n) is 3.80. The normalized spacial score (nSPS) is 39.4. The van der Waals surface area contributed by atoms with Crippen molar-refractivity contribution in [3.8, 4) is 0 Å². The highest BCUT2D eigenvalue weighted by atomic mass is 16.6. The topological polar surface area (TPSA) is 88.0 Å². The van der Waals surface area contributed by atoms with Crippen molar-refractivity contribution in [2.75, 3.05) is 14.2 Å². The van der Waals surface area contributed by atoms with Crippen LogP contribution in [0.4, 0.5) is 0 Å². The van der Waals surface area contributed by atoms with E-state index >= 15 is 0 Å². The van der Waals surface area contributed by atoms with E-state index < -0.39 is 30.5 Å². The number of amides is 1. The summed E-state index contributed by atoms with van der Waals surface area (Å²) in [5.74, 6) is -0.365. The van der Waals surface area contributed by atoms with Gasteiger partial charge < -0.3 is 25.0 Å². The Kier molecular flexibility index (Phi) is 4.67. The van der Waals surface area contributed by atoms with E-state index in [0.717, 1.165) is 0 Å². The van der Waals surface area contributed by atoms with Crippen molar-refractivity contribution in [3.05, 3.63) is 0 Å². The minimum Gasteiger partial charge on any atom is -0.388 e. The van der Waals surface area contributed by atoms with Crippen molar-refractivity contribution in [2.24, 2.45) is 0 Å². The number of ether oxygens (including phenoxy) is 2. The third-order valence-electron chi connectivity index (χ3n) is 2.87. The molecule has 5 unspecified atom stereocenters. The number of methoxy groups -OCH3 is 1. The van der Waals surface area contributed by atoms with Gasteiger partial charge in [-0.25, -0.2) is 0 Å². The molecule has 1 rings (SSSR count). The van der Waals surface area contributed by atoms with Crippen molar-refractivity contribution in [2.45, 2.75) is 43.9 Å². The van der Waals surface area contributed by atoms with Crippen LogP contribution in [-0.4, -0.2) is 60.8 Å². The van der Waals surface area contributed by atoms with Crippen LogP contribution in [0.2, 0.25) is 0 Å². The molecule has 0 bridgehead atoms. The van der Waals surface area contributed by atoms with Gasteiger partial charge in [0.1, 0.15) is 18.3 Å². The summed E-state index contributed by atoms with van der Waals surface area (Å²) < 4.78 is 10.4. The molecule has 0 radical (unpaired) electrons. The highest BCUT2D eigenvalue weighted by Crippen LogP contribution is 2.24. The van der Waals surface area contributed by atoms with Gasteiger partial charge in [0, 0.05) is 14.2 Å². The van der Waals surface area contributed by atoms with E-state index in [0.29, 0.717) is 6.42 Å². The number of aliphatic hydroxyl groups is 2. The Morgan fingerprint density at radius 2 is 2.06 bits per heavy atom. The zero-order valence-corrected chi connectivity index (χ0v) is 9.71. The zero-order valence-electron chi connectivity index (χ0n) is 9.71. The summed E-state index contributed by atoms with van der Waals surface area (Å²) in [6.07, 6.45) is -3.93. The number of carbonyl (C=O) groups excluding carboxylic acids is 1. The molecule has 0 spiro atoms. The number of nitrogens with one attached hydrogen (secondary N) is 1. The smallest absolute Gasteiger partial charge is 0.251 e. The van der Waals surface area contributed by atoms with Crippen molar-refractivity contribution in [3.63, 3.8) is 0 Å². The Morgan fingerprint density at radius 1 is 1.44 bits per heavy atom. The number of rotatable bonds is 3. The van der Waals surface area contributed by atoms with Gasteiger partial charge in [0.05, 0.1) is 6.10 Å². The maximum Gasteiger partial charge on any atom is 0.251 e. The number of hydrogen-bond acceptors (Lipinski definition) is 5. The van der Waals surface area contributed by atoms with E-state index in [-0.39, 0.29) is 5.91 Å². The molecule has 0 aromatic heterocycles. The van der Waals surface area contributed by atoms with Gasteiger partial charge in [-0.2, -0.15) is 0 Å². The van der Waals surface area contributed by atoms with Crippen molar-refractivity contribution in [1.29, 1.82) is 0 Å². The molecule has 1 fully saturated rings. The van der Waals surface area contributed by atoms with Gasteiger partial charge in [-0.05, 0) is 6.42 Å². The monoisotopic (exact) mass is 233 g/mol. The van der Waals surface area contributed by atoms with Crippen LogP contribution in [0, 0.1) is 0 Å². The molecule has 1 heterocycles. The molecule has 5 atom stereocenters. The van der Waals surface area contributed by atoms with Crippen molar-refractivity contribution < 1.29 is 24.5 Å². The lowest BCUT2D eigenvalue weighted by Gasteiger charge is -2.41. The molecule has 0 aromatic rings. The number of likely N-dealkylation sites (N-methyl/N-ethyl adjacent to an activating group) is 1. The Labute approximate surface area is 94.5 Å². The predicted molar refractivity (Wildman–Crippen MR) is 55.8 cm³/mol. The molecular formula is C10H19NO5. The minimum atomic E-state index is -1.12. The van der Waals surface area contributed by atoms with Crippen LogP contribution in [0.5, 0.6) is 0 Å². The molecule has 0 saturated carbocycles. The molecule has 16 heavy (non-hydrogen) atoms. The van der Waals surface area contributed by atoms with Crippen LogP contribution in [0.25, 0.3) is 0 Å². The fourth-order valence-electron chi connectivity index (χ4n) is 1.89. The SMILES string of the molecule is CCC1OC(C(=O)NC)C(OC)C(O)C1O. The molecule has 1 aliphatic rings. The molecule has 1 amide bonds. The molecule has 0 aromatic carbocycles. The fraction of sp³-hybridized carbons (Fsp3) is 0.900. The van der Waals surface area contributed by atoms with E-state index in [1.807, 2.05) is 6.92 Å². The first-order chi connectivity index (χ1) is 7.56. The molecule has 1 aliphatic heterocycles. The average molecular weight is 233 g/mol. The quantitative estimate of drug-likeness (QED) is 0.561. The summed E-state index contributed by atoms with van der Waals surface area (Å²) >= 11 is 0. The van der Waals surface area contributed by atoms with Gasteiger partial charge in [-0.1, -0.05) is 6.92 Å². The van der Waals surface area contributed by atoms with Crippen LogP contribution >= 0.6 is 0 Å². The molecule has 0 aliphatic carbocycles. The van der Waals surface area contributed by atoms with Gasteiger partial charge in [-0.15, -0.1) is 0 Å². The summed E-state index contributed by atoms with van der Waals surface area (Å²) in [5.41, 5.74) is 0. The maximum absolute atomic E-state index is 11.5. The number of carbonyl (C=O) groups is 1. The standard InChI is InChI=1S/C10H19NO5/c1-4-5-6(12)7(13)8(15-3)9(16-5)10(14)11-2/h5-9,12-13H,4H2,1-3H3,(H,11,14). The first kappa shape index (κ1) is 13.4. The van der Waals surface area contributed by atoms with Gasteiger partial charge in [0.25, 0.3) is 5.91 Å². The van der Waals surface area contributed by atoms with E-state index in [9.17, 15) is 15.0 Å². The lowest BCUT2D eigenvalue weighted by molar-refractivity contribution is -0.226. The Bertz CT molecular complexity index is 247. The highest BCUT2D eigenvalue weighted by Gasteiger charge is 2.46. The molecule has 1 saturated heterocycles. The van der Waals surface area contributed by atoms with Crippen LogP contribution in [0.1, 0.15) is 13.3 Å². The highest BCUT2D eigenvalue weighted by molar-refractivity contribution is 5.81. The first-order valence-corrected chi connectivity index (χ1v) is 5.32. The Balaban J connectivity index is 2.85. The van der Waals surface area contributed by atoms with Gasteiger partial charge in [-0.3, -0.25) is 4.79 Å². The summed E-state index contributed by atoms with van der Waals surface area (Å²) in [6, 6.07) is 0. The van der Waals surface area contributed by atoms with Gasteiger partial charge >= 0.3 is 0 Å². The average Bonchev–Trinajstić information content (AvgIpc) is 2.31. The maximum atomic E-state index is 11.5. The molecule has 3 N–H and O–H groups in total. The Hall–Kier alpha value is -0.690. The first-order valence-electron chi connectivity index (χ1n) is 5.32. The van der Waals surface area contributed by atoms with Crippen molar-refractivity contribution in [1.82, 2.24) is 5.32 Å². The molecule has 6 heteroatoms. The van der Waals surface area contributed by atoms with Crippen LogP contribution in [-0.2, 0) is 14.3 Å². The van der Waals surface area contributed by atoms with Crippen LogP contribution in [0.15, 0.2) is 0 Å². The predicted octanol–water partition coefficient (Wildman–Crippen LogP) is -1.35. The number of aliphatic hydroxyl groups excluding tert-OH is 2. The third-order valence-corrected chi connectivity index (χ3v) is 2.87. The van der Waals surface area contributed by atoms with Gasteiger partial charge in [0.2, 0.25) is 0 Å². The van der Waals surface area contributed by atoms with E-state index in [4.69, 9.17) is 9.47 Å². The van der Waals surface area contributed by atoms with E-state index in [1.165, 1.54) is 14.2 Å². The second-order valence-corrected chi connectivity index (χ2v) is 3.80. The lowest BCUT2D eigenvalue weighted by atomic mass is 9.93. The molecule has 6 nitrogen and oxygen atoms in total.